The molecule has 2 unspecified atom stereocenters. The van der Waals surface area contributed by atoms with E-state index in [1.165, 1.54) is 45.1 Å². The molecule has 0 aromatic carbocycles. The van der Waals surface area contributed by atoms with Crippen LogP contribution in [0.25, 0.3) is 0 Å². The molecule has 1 heterocycles. The van der Waals surface area contributed by atoms with Crippen LogP contribution in [0.15, 0.2) is 0 Å². The molecule has 19 heavy (non-hydrogen) atoms. The van der Waals surface area contributed by atoms with Crippen molar-refractivity contribution in [2.24, 2.45) is 5.84 Å². The standard InChI is InChI=1S/C15H33N3O/c1-3-5-6-7-8-9-14(17-16)15-13-18(10-4-2)11-12-19-15/h14-15,17H,3-13,16H2,1-2H3. The summed E-state index contributed by atoms with van der Waals surface area (Å²) in [5.41, 5.74) is 2.97. The Balaban J connectivity index is 2.24. The second kappa shape index (κ2) is 10.6. The smallest absolute Gasteiger partial charge is 0.0868 e. The lowest BCUT2D eigenvalue weighted by atomic mass is 10.0. The molecule has 1 fully saturated rings. The van der Waals surface area contributed by atoms with Gasteiger partial charge in [0.05, 0.1) is 12.7 Å². The number of morpholine rings is 1. The van der Waals surface area contributed by atoms with Crippen molar-refractivity contribution in [3.63, 3.8) is 0 Å². The van der Waals surface area contributed by atoms with Crippen LogP contribution in [-0.4, -0.2) is 43.3 Å². The molecule has 0 amide bonds. The molecule has 2 atom stereocenters. The minimum absolute atomic E-state index is 0.261. The summed E-state index contributed by atoms with van der Waals surface area (Å²) in [6, 6.07) is 0.307. The highest BCUT2D eigenvalue weighted by Crippen LogP contribution is 2.15. The lowest BCUT2D eigenvalue weighted by Crippen LogP contribution is -2.54. The summed E-state index contributed by atoms with van der Waals surface area (Å²) in [4.78, 5) is 2.50. The van der Waals surface area contributed by atoms with Crippen molar-refractivity contribution in [3.8, 4) is 0 Å². The van der Waals surface area contributed by atoms with Crippen LogP contribution in [0, 0.1) is 0 Å². The third kappa shape index (κ3) is 6.70. The predicted molar refractivity (Wildman–Crippen MR) is 81.0 cm³/mol. The number of hydrogen-bond donors (Lipinski definition) is 2. The molecule has 0 spiro atoms. The van der Waals surface area contributed by atoms with Crippen LogP contribution in [0.1, 0.15) is 58.8 Å². The van der Waals surface area contributed by atoms with Gasteiger partial charge in [0, 0.05) is 19.1 Å². The van der Waals surface area contributed by atoms with E-state index in [2.05, 4.69) is 24.2 Å². The van der Waals surface area contributed by atoms with Crippen LogP contribution >= 0.6 is 0 Å². The van der Waals surface area contributed by atoms with Crippen molar-refractivity contribution in [1.29, 1.82) is 0 Å². The number of ether oxygens (including phenoxy) is 1. The average Bonchev–Trinajstić information content (AvgIpc) is 2.43. The van der Waals surface area contributed by atoms with Gasteiger partial charge in [-0.15, -0.1) is 0 Å². The minimum Gasteiger partial charge on any atom is -0.374 e. The highest BCUT2D eigenvalue weighted by atomic mass is 16.5. The topological polar surface area (TPSA) is 50.5 Å². The molecule has 1 rings (SSSR count). The van der Waals surface area contributed by atoms with E-state index in [-0.39, 0.29) is 6.10 Å². The fourth-order valence-electron chi connectivity index (χ4n) is 2.84. The van der Waals surface area contributed by atoms with Gasteiger partial charge < -0.3 is 4.74 Å². The SMILES string of the molecule is CCCCCCCC(NN)C1CN(CCC)CCO1. The number of nitrogens with zero attached hydrogens (tertiary/aromatic N) is 1. The molecule has 0 aliphatic carbocycles. The van der Waals surface area contributed by atoms with Gasteiger partial charge in [0.15, 0.2) is 0 Å². The van der Waals surface area contributed by atoms with Gasteiger partial charge >= 0.3 is 0 Å². The van der Waals surface area contributed by atoms with E-state index in [4.69, 9.17) is 10.6 Å². The zero-order chi connectivity index (χ0) is 13.9. The van der Waals surface area contributed by atoms with Crippen LogP contribution in [0.3, 0.4) is 0 Å². The van der Waals surface area contributed by atoms with Gasteiger partial charge in [-0.25, -0.2) is 0 Å². The van der Waals surface area contributed by atoms with Crippen molar-refractivity contribution in [3.05, 3.63) is 0 Å². The first-order valence-corrected chi connectivity index (χ1v) is 8.11. The highest BCUT2D eigenvalue weighted by molar-refractivity contribution is 4.81. The summed E-state index contributed by atoms with van der Waals surface area (Å²) in [5.74, 6) is 5.72. The Hall–Kier alpha value is -0.160. The number of hydrazine groups is 1. The van der Waals surface area contributed by atoms with E-state index in [9.17, 15) is 0 Å². The zero-order valence-electron chi connectivity index (χ0n) is 12.9. The number of nitrogens with one attached hydrogen (secondary N) is 1. The van der Waals surface area contributed by atoms with E-state index >= 15 is 0 Å². The first-order valence-electron chi connectivity index (χ1n) is 8.11. The first-order chi connectivity index (χ1) is 9.31. The third-order valence-corrected chi connectivity index (χ3v) is 4.00. The van der Waals surface area contributed by atoms with Gasteiger partial charge in [0.2, 0.25) is 0 Å². The number of nitrogens with two attached hydrogens (primary N) is 1. The summed E-state index contributed by atoms with van der Waals surface area (Å²) < 4.78 is 5.90. The molecule has 4 heteroatoms. The highest BCUT2D eigenvalue weighted by Gasteiger charge is 2.26. The molecule has 0 bridgehead atoms. The van der Waals surface area contributed by atoms with E-state index in [0.717, 1.165) is 26.1 Å². The van der Waals surface area contributed by atoms with Crippen molar-refractivity contribution in [2.75, 3.05) is 26.2 Å². The largest absolute Gasteiger partial charge is 0.374 e. The molecule has 0 radical (unpaired) electrons. The molecular formula is C15H33N3O. The average molecular weight is 271 g/mol. The molecule has 3 N–H and O–H groups in total. The number of rotatable bonds is 10. The molecule has 4 nitrogen and oxygen atoms in total. The van der Waals surface area contributed by atoms with Crippen LogP contribution in [0.2, 0.25) is 0 Å². The van der Waals surface area contributed by atoms with Gasteiger partial charge in [-0.05, 0) is 19.4 Å². The van der Waals surface area contributed by atoms with Gasteiger partial charge in [0.25, 0.3) is 0 Å². The van der Waals surface area contributed by atoms with E-state index in [1.807, 2.05) is 0 Å². The molecule has 114 valence electrons. The molecule has 0 aromatic rings. The summed E-state index contributed by atoms with van der Waals surface area (Å²) in [5, 5.41) is 0. The Kier molecular flexibility index (Phi) is 9.43. The van der Waals surface area contributed by atoms with E-state index in [1.54, 1.807) is 0 Å². The van der Waals surface area contributed by atoms with E-state index in [0.29, 0.717) is 6.04 Å². The Bertz CT molecular complexity index is 212. The van der Waals surface area contributed by atoms with E-state index < -0.39 is 0 Å². The van der Waals surface area contributed by atoms with Crippen LogP contribution in [0.5, 0.6) is 0 Å². The van der Waals surface area contributed by atoms with Gasteiger partial charge in [0.1, 0.15) is 0 Å². The molecule has 0 saturated carbocycles. The van der Waals surface area contributed by atoms with Gasteiger partial charge in [-0.1, -0.05) is 46.0 Å². The van der Waals surface area contributed by atoms with Crippen LogP contribution < -0.4 is 11.3 Å². The first kappa shape index (κ1) is 16.9. The summed E-state index contributed by atoms with van der Waals surface area (Å²) in [7, 11) is 0. The second-order valence-corrected chi connectivity index (χ2v) is 5.69. The molecule has 1 aliphatic heterocycles. The maximum Gasteiger partial charge on any atom is 0.0868 e. The molecule has 0 aromatic heterocycles. The fraction of sp³-hybridized carbons (Fsp3) is 1.00. The molecular weight excluding hydrogens is 238 g/mol. The normalized spacial score (nSPS) is 22.6. The second-order valence-electron chi connectivity index (χ2n) is 5.69. The predicted octanol–water partition coefficient (Wildman–Crippen LogP) is 2.29. The zero-order valence-corrected chi connectivity index (χ0v) is 12.9. The minimum atomic E-state index is 0.261. The fourth-order valence-corrected chi connectivity index (χ4v) is 2.84. The number of unbranched alkanes of at least 4 members (excludes halogenated alkanes) is 4. The maximum atomic E-state index is 5.90. The van der Waals surface area contributed by atoms with Gasteiger partial charge in [-0.3, -0.25) is 16.2 Å². The van der Waals surface area contributed by atoms with Crippen LogP contribution in [0.4, 0.5) is 0 Å². The summed E-state index contributed by atoms with van der Waals surface area (Å²) in [6.45, 7) is 8.60. The van der Waals surface area contributed by atoms with Crippen molar-refractivity contribution in [1.82, 2.24) is 10.3 Å². The Morgan fingerprint density at radius 3 is 2.68 bits per heavy atom. The Labute approximate surface area is 119 Å². The van der Waals surface area contributed by atoms with Gasteiger partial charge in [-0.2, -0.15) is 0 Å². The quantitative estimate of drug-likeness (QED) is 0.364. The lowest BCUT2D eigenvalue weighted by Gasteiger charge is -2.36. The lowest BCUT2D eigenvalue weighted by molar-refractivity contribution is -0.0479. The number of hydrogen-bond acceptors (Lipinski definition) is 4. The molecule has 1 aliphatic rings. The Morgan fingerprint density at radius 1 is 1.21 bits per heavy atom. The van der Waals surface area contributed by atoms with Crippen molar-refractivity contribution in [2.45, 2.75) is 70.9 Å². The van der Waals surface area contributed by atoms with Crippen LogP contribution in [-0.2, 0) is 4.74 Å². The monoisotopic (exact) mass is 271 g/mol. The Morgan fingerprint density at radius 2 is 2.00 bits per heavy atom. The summed E-state index contributed by atoms with van der Waals surface area (Å²) >= 11 is 0. The maximum absolute atomic E-state index is 5.90. The van der Waals surface area contributed by atoms with Crippen molar-refractivity contribution < 1.29 is 4.74 Å². The third-order valence-electron chi connectivity index (χ3n) is 4.00. The van der Waals surface area contributed by atoms with Crippen molar-refractivity contribution >= 4 is 0 Å². The molecule has 1 saturated heterocycles. The summed E-state index contributed by atoms with van der Waals surface area (Å²) in [6.07, 6.45) is 9.18.